The Hall–Kier alpha value is -0.650. The molecule has 5 heteroatoms. The Bertz CT molecular complexity index is 361. The predicted octanol–water partition coefficient (Wildman–Crippen LogP) is 1.26. The van der Waals surface area contributed by atoms with Crippen molar-refractivity contribution in [1.29, 1.82) is 0 Å². The summed E-state index contributed by atoms with van der Waals surface area (Å²) in [6.45, 7) is 8.92. The quantitative estimate of drug-likeness (QED) is 0.742. The van der Waals surface area contributed by atoms with Gasteiger partial charge in [-0.1, -0.05) is 0 Å². The first-order chi connectivity index (χ1) is 9.92. The molecule has 1 aliphatic heterocycles. The van der Waals surface area contributed by atoms with E-state index >= 15 is 0 Å². The average Bonchev–Trinajstić information content (AvgIpc) is 2.86. The van der Waals surface area contributed by atoms with Crippen molar-refractivity contribution >= 4 is 5.91 Å². The van der Waals surface area contributed by atoms with Crippen LogP contribution in [0, 0.1) is 0 Å². The van der Waals surface area contributed by atoms with Gasteiger partial charge in [-0.15, -0.1) is 0 Å². The lowest BCUT2D eigenvalue weighted by molar-refractivity contribution is -0.124. The van der Waals surface area contributed by atoms with Gasteiger partial charge in [0.2, 0.25) is 5.91 Å². The van der Waals surface area contributed by atoms with Gasteiger partial charge in [0.25, 0.3) is 0 Å². The van der Waals surface area contributed by atoms with Crippen LogP contribution in [0.5, 0.6) is 0 Å². The van der Waals surface area contributed by atoms with E-state index in [0.717, 1.165) is 32.5 Å². The van der Waals surface area contributed by atoms with Gasteiger partial charge in [-0.05, 0) is 59.4 Å². The molecule has 122 valence electrons. The molecule has 3 unspecified atom stereocenters. The minimum Gasteiger partial charge on any atom is -0.375 e. The Kier molecular flexibility index (Phi) is 5.63. The Morgan fingerprint density at radius 3 is 2.90 bits per heavy atom. The summed E-state index contributed by atoms with van der Waals surface area (Å²) in [5.41, 5.74) is 4.99. The molecule has 1 aliphatic carbocycles. The molecule has 1 saturated heterocycles. The molecule has 0 aromatic carbocycles. The van der Waals surface area contributed by atoms with Crippen molar-refractivity contribution in [1.82, 2.24) is 10.2 Å². The molecule has 0 aromatic rings. The first-order valence-electron chi connectivity index (χ1n) is 8.35. The third kappa shape index (κ3) is 4.18. The van der Waals surface area contributed by atoms with Crippen molar-refractivity contribution in [3.05, 3.63) is 0 Å². The third-order valence-corrected chi connectivity index (χ3v) is 4.87. The second kappa shape index (κ2) is 7.07. The number of hydrogen-bond acceptors (Lipinski definition) is 4. The fraction of sp³-hybridized carbons (Fsp3) is 0.938. The number of carbonyl (C=O) groups is 1. The highest BCUT2D eigenvalue weighted by Crippen LogP contribution is 2.30. The van der Waals surface area contributed by atoms with Crippen LogP contribution in [0.3, 0.4) is 0 Å². The fourth-order valence-corrected chi connectivity index (χ4v) is 3.82. The molecule has 21 heavy (non-hydrogen) atoms. The number of carbonyl (C=O) groups excluding carboxylic acids is 1. The van der Waals surface area contributed by atoms with Crippen molar-refractivity contribution in [2.24, 2.45) is 5.73 Å². The van der Waals surface area contributed by atoms with Gasteiger partial charge in [-0.25, -0.2) is 0 Å². The molecule has 1 heterocycles. The van der Waals surface area contributed by atoms with Crippen LogP contribution in [0.25, 0.3) is 0 Å². The fourth-order valence-electron chi connectivity index (χ4n) is 3.82. The van der Waals surface area contributed by atoms with Crippen molar-refractivity contribution < 1.29 is 9.53 Å². The summed E-state index contributed by atoms with van der Waals surface area (Å²) in [4.78, 5) is 14.3. The lowest BCUT2D eigenvalue weighted by atomic mass is 9.93. The summed E-state index contributed by atoms with van der Waals surface area (Å²) in [7, 11) is 0. The van der Waals surface area contributed by atoms with Crippen molar-refractivity contribution in [3.8, 4) is 0 Å². The van der Waals surface area contributed by atoms with Gasteiger partial charge in [0, 0.05) is 18.6 Å². The van der Waals surface area contributed by atoms with E-state index in [4.69, 9.17) is 10.5 Å². The second-order valence-electron chi connectivity index (χ2n) is 7.04. The summed E-state index contributed by atoms with van der Waals surface area (Å²) in [6.07, 6.45) is 5.95. The van der Waals surface area contributed by atoms with Gasteiger partial charge in [0.05, 0.1) is 18.2 Å². The molecule has 2 rings (SSSR count). The van der Waals surface area contributed by atoms with Crippen LogP contribution in [0.4, 0.5) is 0 Å². The third-order valence-electron chi connectivity index (χ3n) is 4.87. The number of hydrogen-bond donors (Lipinski definition) is 2. The Morgan fingerprint density at radius 2 is 2.24 bits per heavy atom. The molecular formula is C16H31N3O2. The molecule has 1 saturated carbocycles. The van der Waals surface area contributed by atoms with Crippen LogP contribution < -0.4 is 11.1 Å². The molecule has 0 spiro atoms. The number of nitrogens with one attached hydrogen (secondary N) is 1. The summed E-state index contributed by atoms with van der Waals surface area (Å²) in [5.74, 6) is -0.253. The van der Waals surface area contributed by atoms with Crippen LogP contribution in [0.15, 0.2) is 0 Å². The molecule has 3 N–H and O–H groups in total. The van der Waals surface area contributed by atoms with Crippen molar-refractivity contribution in [2.45, 2.75) is 76.6 Å². The smallest absolute Gasteiger partial charge is 0.237 e. The molecule has 0 aromatic heterocycles. The zero-order valence-electron chi connectivity index (χ0n) is 13.7. The van der Waals surface area contributed by atoms with Gasteiger partial charge in [0.1, 0.15) is 0 Å². The van der Waals surface area contributed by atoms with Crippen molar-refractivity contribution in [3.63, 3.8) is 0 Å². The predicted molar refractivity (Wildman–Crippen MR) is 84.1 cm³/mol. The van der Waals surface area contributed by atoms with E-state index < -0.39 is 5.54 Å². The average molecular weight is 297 g/mol. The van der Waals surface area contributed by atoms with Gasteiger partial charge in [-0.2, -0.15) is 0 Å². The standard InChI is InChI=1S/C16H31N3O2/c1-12(2)18-16(3,15(17)20)8-5-9-19-10-11-21-14-7-4-6-13(14)19/h12-14,18H,4-11H2,1-3H3,(H2,17,20). The summed E-state index contributed by atoms with van der Waals surface area (Å²) in [5, 5.41) is 3.32. The minimum atomic E-state index is -0.602. The molecule has 3 atom stereocenters. The maximum absolute atomic E-state index is 11.7. The Labute approximate surface area is 128 Å². The Morgan fingerprint density at radius 1 is 1.48 bits per heavy atom. The van der Waals surface area contributed by atoms with Crippen LogP contribution in [0.1, 0.15) is 52.9 Å². The normalized spacial score (nSPS) is 29.3. The van der Waals surface area contributed by atoms with E-state index in [0.29, 0.717) is 12.1 Å². The highest BCUT2D eigenvalue weighted by Gasteiger charge is 2.36. The number of morpholine rings is 1. The topological polar surface area (TPSA) is 67.6 Å². The van der Waals surface area contributed by atoms with Gasteiger partial charge >= 0.3 is 0 Å². The molecule has 0 radical (unpaired) electrons. The Balaban J connectivity index is 1.83. The first kappa shape index (κ1) is 16.7. The zero-order chi connectivity index (χ0) is 15.5. The number of nitrogens with two attached hydrogens (primary N) is 1. The second-order valence-corrected chi connectivity index (χ2v) is 7.04. The SMILES string of the molecule is CC(C)NC(C)(CCCN1CCOC2CCCC21)C(N)=O. The number of fused-ring (bicyclic) bond motifs is 1. The van der Waals surface area contributed by atoms with Gasteiger partial charge in [-0.3, -0.25) is 9.69 Å². The van der Waals surface area contributed by atoms with Crippen LogP contribution in [-0.4, -0.2) is 54.2 Å². The lowest BCUT2D eigenvalue weighted by Crippen LogP contribution is -2.56. The van der Waals surface area contributed by atoms with Gasteiger partial charge < -0.3 is 15.8 Å². The summed E-state index contributed by atoms with van der Waals surface area (Å²) in [6, 6.07) is 0.849. The van der Waals surface area contributed by atoms with Gasteiger partial charge in [0.15, 0.2) is 0 Å². The van der Waals surface area contributed by atoms with E-state index in [1.807, 2.05) is 20.8 Å². The summed E-state index contributed by atoms with van der Waals surface area (Å²) >= 11 is 0. The van der Waals surface area contributed by atoms with E-state index in [-0.39, 0.29) is 11.9 Å². The molecule has 0 bridgehead atoms. The first-order valence-corrected chi connectivity index (χ1v) is 8.35. The lowest BCUT2D eigenvalue weighted by Gasteiger charge is -2.38. The van der Waals surface area contributed by atoms with Crippen LogP contribution in [0.2, 0.25) is 0 Å². The highest BCUT2D eigenvalue weighted by atomic mass is 16.5. The van der Waals surface area contributed by atoms with E-state index in [9.17, 15) is 4.79 Å². The number of nitrogens with zero attached hydrogens (tertiary/aromatic N) is 1. The highest BCUT2D eigenvalue weighted by molar-refractivity contribution is 5.84. The number of ether oxygens (including phenoxy) is 1. The zero-order valence-corrected chi connectivity index (χ0v) is 13.7. The molecule has 5 nitrogen and oxygen atoms in total. The van der Waals surface area contributed by atoms with Crippen LogP contribution >= 0.6 is 0 Å². The van der Waals surface area contributed by atoms with Crippen molar-refractivity contribution in [2.75, 3.05) is 19.7 Å². The van der Waals surface area contributed by atoms with E-state index in [2.05, 4.69) is 10.2 Å². The maximum atomic E-state index is 11.7. The maximum Gasteiger partial charge on any atom is 0.237 e. The van der Waals surface area contributed by atoms with E-state index in [1.165, 1.54) is 19.3 Å². The molecule has 2 aliphatic rings. The molecular weight excluding hydrogens is 266 g/mol. The van der Waals surface area contributed by atoms with E-state index in [1.54, 1.807) is 0 Å². The molecule has 2 fully saturated rings. The largest absolute Gasteiger partial charge is 0.375 e. The number of primary amides is 1. The molecule has 1 amide bonds. The minimum absolute atomic E-state index is 0.253. The van der Waals surface area contributed by atoms with Crippen LogP contribution in [-0.2, 0) is 9.53 Å². The monoisotopic (exact) mass is 297 g/mol. The number of amides is 1. The number of rotatable bonds is 7. The summed E-state index contributed by atoms with van der Waals surface area (Å²) < 4.78 is 5.84.